The maximum atomic E-state index is 12.6. The second-order valence-electron chi connectivity index (χ2n) is 8.41. The molecule has 1 aromatic carbocycles. The van der Waals surface area contributed by atoms with Gasteiger partial charge in [0.1, 0.15) is 17.0 Å². The molecule has 1 N–H and O–H groups in total. The average Bonchev–Trinajstić information content (AvgIpc) is 2.81. The summed E-state index contributed by atoms with van der Waals surface area (Å²) < 4.78 is 34.7. The molecule has 2 saturated heterocycles. The van der Waals surface area contributed by atoms with Crippen molar-refractivity contribution in [3.05, 3.63) is 35.9 Å². The predicted molar refractivity (Wildman–Crippen MR) is 102 cm³/mol. The summed E-state index contributed by atoms with van der Waals surface area (Å²) in [6, 6.07) is 8.69. The van der Waals surface area contributed by atoms with E-state index in [-0.39, 0.29) is 31.9 Å². The van der Waals surface area contributed by atoms with E-state index in [0.29, 0.717) is 0 Å². The molecule has 1 unspecified atom stereocenters. The first kappa shape index (κ1) is 20.4. The topological polar surface area (TPSA) is 102 Å². The van der Waals surface area contributed by atoms with Gasteiger partial charge in [-0.15, -0.1) is 0 Å². The highest BCUT2D eigenvalue weighted by Crippen LogP contribution is 2.41. The third-order valence-corrected chi connectivity index (χ3v) is 7.43. The van der Waals surface area contributed by atoms with Crippen LogP contribution in [-0.2, 0) is 25.9 Å². The number of sulfone groups is 1. The minimum atomic E-state index is -3.44. The fourth-order valence-corrected chi connectivity index (χ4v) is 5.78. The second-order valence-corrected chi connectivity index (χ2v) is 10.8. The van der Waals surface area contributed by atoms with Crippen molar-refractivity contribution < 1.29 is 27.5 Å². The summed E-state index contributed by atoms with van der Waals surface area (Å²) in [6.45, 7) is 5.56. The summed E-state index contributed by atoms with van der Waals surface area (Å²) in [5.74, 6) is -0.157. The minimum absolute atomic E-state index is 0.0848. The molecule has 9 heteroatoms. The number of benzene rings is 1. The summed E-state index contributed by atoms with van der Waals surface area (Å²) in [4.78, 5) is 25.5. The van der Waals surface area contributed by atoms with Crippen LogP contribution in [0.2, 0.25) is 0 Å². The number of carbonyl (C=O) groups is 2. The van der Waals surface area contributed by atoms with Gasteiger partial charge in [-0.05, 0) is 32.8 Å². The molecule has 8 nitrogen and oxygen atoms in total. The molecule has 0 bridgehead atoms. The van der Waals surface area contributed by atoms with E-state index in [2.05, 4.69) is 5.32 Å². The number of hydrogen-bond acceptors (Lipinski definition) is 6. The van der Waals surface area contributed by atoms with Crippen molar-refractivity contribution >= 4 is 22.0 Å². The Morgan fingerprint density at radius 1 is 1.21 bits per heavy atom. The van der Waals surface area contributed by atoms with E-state index in [1.165, 1.54) is 4.90 Å². The van der Waals surface area contributed by atoms with Gasteiger partial charge in [0.25, 0.3) is 0 Å². The summed E-state index contributed by atoms with van der Waals surface area (Å²) in [6.07, 6.45) is -0.911. The fourth-order valence-electron chi connectivity index (χ4n) is 3.53. The SMILES string of the molecule is CC(C)(C)OC(=O)N1CC2(CC(NC(=O)OCc3ccccc3)CS2(=O)=O)C1. The first-order chi connectivity index (χ1) is 13.0. The Labute approximate surface area is 165 Å². The molecule has 154 valence electrons. The Bertz CT molecular complexity index is 841. The highest BCUT2D eigenvalue weighted by atomic mass is 32.2. The molecule has 2 aliphatic rings. The molecule has 2 aliphatic heterocycles. The largest absolute Gasteiger partial charge is 0.445 e. The monoisotopic (exact) mass is 410 g/mol. The quantitative estimate of drug-likeness (QED) is 0.819. The Balaban J connectivity index is 1.52. The Hall–Kier alpha value is -2.29. The van der Waals surface area contributed by atoms with E-state index in [4.69, 9.17) is 9.47 Å². The van der Waals surface area contributed by atoms with E-state index in [1.54, 1.807) is 20.8 Å². The smallest absolute Gasteiger partial charge is 0.410 e. The molecule has 28 heavy (non-hydrogen) atoms. The Morgan fingerprint density at radius 3 is 2.46 bits per heavy atom. The van der Waals surface area contributed by atoms with Crippen LogP contribution < -0.4 is 5.32 Å². The zero-order valence-corrected chi connectivity index (χ0v) is 17.1. The maximum Gasteiger partial charge on any atom is 0.410 e. The zero-order valence-electron chi connectivity index (χ0n) is 16.3. The second kappa shape index (κ2) is 7.27. The first-order valence-electron chi connectivity index (χ1n) is 9.17. The van der Waals surface area contributed by atoms with E-state index in [0.717, 1.165) is 5.56 Å². The number of ether oxygens (including phenoxy) is 2. The van der Waals surface area contributed by atoms with Crippen molar-refractivity contribution in [2.75, 3.05) is 18.8 Å². The number of amides is 2. The number of alkyl carbamates (subject to hydrolysis) is 1. The molecule has 2 heterocycles. The molecule has 1 atom stereocenters. The third kappa shape index (κ3) is 4.40. The van der Waals surface area contributed by atoms with Gasteiger partial charge in [-0.3, -0.25) is 0 Å². The lowest BCUT2D eigenvalue weighted by Gasteiger charge is -2.46. The summed E-state index contributed by atoms with van der Waals surface area (Å²) in [5, 5.41) is 2.64. The van der Waals surface area contributed by atoms with E-state index in [9.17, 15) is 18.0 Å². The number of nitrogens with zero attached hydrogens (tertiary/aromatic N) is 1. The molecule has 2 amide bonds. The lowest BCUT2D eigenvalue weighted by atomic mass is 9.92. The molecular formula is C19H26N2O6S. The van der Waals surface area contributed by atoms with Crippen LogP contribution in [0.3, 0.4) is 0 Å². The first-order valence-corrected chi connectivity index (χ1v) is 10.8. The van der Waals surface area contributed by atoms with Crippen molar-refractivity contribution in [1.29, 1.82) is 0 Å². The van der Waals surface area contributed by atoms with Gasteiger partial charge < -0.3 is 19.7 Å². The van der Waals surface area contributed by atoms with Gasteiger partial charge in [0.2, 0.25) is 0 Å². The number of hydrogen-bond donors (Lipinski definition) is 1. The van der Waals surface area contributed by atoms with Gasteiger partial charge in [0, 0.05) is 19.1 Å². The van der Waals surface area contributed by atoms with Crippen molar-refractivity contribution in [3.63, 3.8) is 0 Å². The van der Waals surface area contributed by atoms with Crippen LogP contribution in [0.4, 0.5) is 9.59 Å². The molecule has 0 aliphatic carbocycles. The molecule has 3 rings (SSSR count). The van der Waals surface area contributed by atoms with Crippen molar-refractivity contribution in [2.24, 2.45) is 0 Å². The minimum Gasteiger partial charge on any atom is -0.445 e. The van der Waals surface area contributed by atoms with Gasteiger partial charge in [0.05, 0.1) is 5.75 Å². The molecule has 0 aromatic heterocycles. The average molecular weight is 410 g/mol. The van der Waals surface area contributed by atoms with Crippen LogP contribution in [0.15, 0.2) is 30.3 Å². The van der Waals surface area contributed by atoms with Gasteiger partial charge in [-0.2, -0.15) is 0 Å². The molecule has 0 radical (unpaired) electrons. The van der Waals surface area contributed by atoms with Crippen LogP contribution in [0, 0.1) is 0 Å². The van der Waals surface area contributed by atoms with Gasteiger partial charge >= 0.3 is 12.2 Å². The zero-order chi connectivity index (χ0) is 20.6. The number of rotatable bonds is 3. The molecule has 1 spiro atoms. The molecular weight excluding hydrogens is 384 g/mol. The van der Waals surface area contributed by atoms with Gasteiger partial charge in [0.15, 0.2) is 9.84 Å². The number of likely N-dealkylation sites (tertiary alicyclic amines) is 1. The molecule has 0 saturated carbocycles. The van der Waals surface area contributed by atoms with E-state index < -0.39 is 38.4 Å². The lowest BCUT2D eigenvalue weighted by molar-refractivity contribution is 0.00290. The highest BCUT2D eigenvalue weighted by Gasteiger charge is 2.60. The van der Waals surface area contributed by atoms with Crippen molar-refractivity contribution in [3.8, 4) is 0 Å². The Morgan fingerprint density at radius 2 is 1.86 bits per heavy atom. The van der Waals surface area contributed by atoms with E-state index >= 15 is 0 Å². The number of nitrogens with one attached hydrogen (secondary N) is 1. The van der Waals surface area contributed by atoms with Crippen LogP contribution in [0.1, 0.15) is 32.8 Å². The predicted octanol–water partition coefficient (Wildman–Crippen LogP) is 2.09. The third-order valence-electron chi connectivity index (χ3n) is 4.84. The highest BCUT2D eigenvalue weighted by molar-refractivity contribution is 7.93. The summed E-state index contributed by atoms with van der Waals surface area (Å²) in [7, 11) is -3.44. The molecule has 1 aromatic rings. The number of carbonyl (C=O) groups excluding carboxylic acids is 2. The van der Waals surface area contributed by atoms with Gasteiger partial charge in [-0.25, -0.2) is 18.0 Å². The van der Waals surface area contributed by atoms with Crippen molar-refractivity contribution in [2.45, 2.75) is 50.2 Å². The van der Waals surface area contributed by atoms with Gasteiger partial charge in [-0.1, -0.05) is 30.3 Å². The van der Waals surface area contributed by atoms with Crippen LogP contribution in [0.5, 0.6) is 0 Å². The van der Waals surface area contributed by atoms with Crippen molar-refractivity contribution in [1.82, 2.24) is 10.2 Å². The fraction of sp³-hybridized carbons (Fsp3) is 0.579. The van der Waals surface area contributed by atoms with E-state index in [1.807, 2.05) is 30.3 Å². The lowest BCUT2D eigenvalue weighted by Crippen LogP contribution is -2.66. The molecule has 2 fully saturated rings. The summed E-state index contributed by atoms with van der Waals surface area (Å²) >= 11 is 0. The summed E-state index contributed by atoms with van der Waals surface area (Å²) in [5.41, 5.74) is 0.209. The normalized spacial score (nSPS) is 22.4. The standard InChI is InChI=1S/C19H26N2O6S/c1-18(2,3)27-17(23)21-12-19(13-21)9-15(11-28(19,24)25)20-16(22)26-10-14-7-5-4-6-8-14/h4-8,15H,9-13H2,1-3H3,(H,20,22). The van der Waals surface area contributed by atoms with Crippen LogP contribution in [-0.4, -0.2) is 60.7 Å². The van der Waals surface area contributed by atoms with Crippen LogP contribution in [0.25, 0.3) is 0 Å². The van der Waals surface area contributed by atoms with Crippen LogP contribution >= 0.6 is 0 Å². The Kier molecular flexibility index (Phi) is 5.31. The maximum absolute atomic E-state index is 12.6.